The Morgan fingerprint density at radius 1 is 1.10 bits per heavy atom. The number of hydrogen-bond donors (Lipinski definition) is 2. The molecule has 1 saturated heterocycles. The van der Waals surface area contributed by atoms with Crippen LogP contribution in [0.3, 0.4) is 0 Å². The van der Waals surface area contributed by atoms with E-state index in [2.05, 4.69) is 26.0 Å². The Kier molecular flexibility index (Phi) is 5.98. The number of amides is 2. The Hall–Kier alpha value is -3.75. The maximum absolute atomic E-state index is 12.2. The summed E-state index contributed by atoms with van der Waals surface area (Å²) in [5.74, 6) is 0.420. The van der Waals surface area contributed by atoms with Crippen LogP contribution in [-0.4, -0.2) is 63.1 Å². The predicted octanol–water partition coefficient (Wildman–Crippen LogP) is 0.953. The molecule has 0 saturated carbocycles. The van der Waals surface area contributed by atoms with E-state index in [9.17, 15) is 9.59 Å². The van der Waals surface area contributed by atoms with Crippen LogP contribution in [0.25, 0.3) is 11.4 Å². The highest BCUT2D eigenvalue weighted by Gasteiger charge is 2.20. The molecule has 9 heteroatoms. The molecule has 154 valence electrons. The molecule has 2 N–H and O–H groups in total. The van der Waals surface area contributed by atoms with Gasteiger partial charge in [0.05, 0.1) is 19.6 Å². The van der Waals surface area contributed by atoms with E-state index in [4.69, 9.17) is 0 Å². The molecule has 4 rings (SSSR count). The first kappa shape index (κ1) is 19.6. The summed E-state index contributed by atoms with van der Waals surface area (Å²) >= 11 is 0. The second kappa shape index (κ2) is 9.17. The van der Waals surface area contributed by atoms with E-state index in [1.807, 2.05) is 54.6 Å². The van der Waals surface area contributed by atoms with E-state index in [-0.39, 0.29) is 24.9 Å². The van der Waals surface area contributed by atoms with E-state index in [1.165, 1.54) is 0 Å². The van der Waals surface area contributed by atoms with Crippen molar-refractivity contribution >= 4 is 17.5 Å². The van der Waals surface area contributed by atoms with Gasteiger partial charge < -0.3 is 15.5 Å². The molecular formula is C21H23N7O2. The number of carbonyl (C=O) groups is 2. The number of aromatic nitrogens is 4. The maximum atomic E-state index is 12.2. The third-order valence-corrected chi connectivity index (χ3v) is 4.87. The van der Waals surface area contributed by atoms with Crippen LogP contribution in [0.1, 0.15) is 5.56 Å². The Morgan fingerprint density at radius 2 is 1.90 bits per heavy atom. The third-order valence-electron chi connectivity index (χ3n) is 4.87. The van der Waals surface area contributed by atoms with Crippen molar-refractivity contribution in [3.05, 3.63) is 60.2 Å². The number of aryl methyl sites for hydroxylation is 2. The molecule has 2 heterocycles. The molecule has 1 fully saturated rings. The van der Waals surface area contributed by atoms with Crippen molar-refractivity contribution in [3.63, 3.8) is 0 Å². The first-order chi connectivity index (χ1) is 14.7. The molecule has 1 aliphatic heterocycles. The minimum Gasteiger partial charge on any atom is -0.376 e. The minimum absolute atomic E-state index is 0.0830. The van der Waals surface area contributed by atoms with Gasteiger partial charge in [-0.1, -0.05) is 42.5 Å². The highest BCUT2D eigenvalue weighted by molar-refractivity contribution is 5.87. The van der Waals surface area contributed by atoms with Gasteiger partial charge in [0.2, 0.25) is 17.6 Å². The number of piperazine rings is 1. The van der Waals surface area contributed by atoms with Crippen molar-refractivity contribution < 1.29 is 9.59 Å². The molecule has 9 nitrogen and oxygen atoms in total. The van der Waals surface area contributed by atoms with Gasteiger partial charge in [0.1, 0.15) is 0 Å². The van der Waals surface area contributed by atoms with Crippen LogP contribution in [0.2, 0.25) is 0 Å². The zero-order chi connectivity index (χ0) is 20.8. The molecule has 0 unspecified atom stereocenters. The van der Waals surface area contributed by atoms with Gasteiger partial charge >= 0.3 is 0 Å². The number of nitrogens with zero attached hydrogens (tertiary/aromatic N) is 5. The number of tetrazole rings is 1. The zero-order valence-electron chi connectivity index (χ0n) is 16.5. The van der Waals surface area contributed by atoms with Crippen molar-refractivity contribution in [1.82, 2.24) is 30.4 Å². The van der Waals surface area contributed by atoms with Gasteiger partial charge in [-0.25, -0.2) is 0 Å². The topological polar surface area (TPSA) is 105 Å². The van der Waals surface area contributed by atoms with Crippen molar-refractivity contribution in [2.45, 2.75) is 13.0 Å². The van der Waals surface area contributed by atoms with Crippen LogP contribution < -0.4 is 10.6 Å². The smallest absolute Gasteiger partial charge is 0.242 e. The normalized spacial score (nSPS) is 13.7. The van der Waals surface area contributed by atoms with E-state index in [0.717, 1.165) is 23.2 Å². The number of benzene rings is 2. The highest BCUT2D eigenvalue weighted by Crippen LogP contribution is 2.13. The molecule has 0 spiro atoms. The fourth-order valence-corrected chi connectivity index (χ4v) is 3.20. The van der Waals surface area contributed by atoms with E-state index < -0.39 is 0 Å². The molecule has 0 bridgehead atoms. The van der Waals surface area contributed by atoms with Crippen LogP contribution >= 0.6 is 0 Å². The third kappa shape index (κ3) is 4.99. The largest absolute Gasteiger partial charge is 0.376 e. The number of nitrogens with one attached hydrogen (secondary N) is 2. The van der Waals surface area contributed by atoms with Crippen LogP contribution in [0, 0.1) is 0 Å². The maximum Gasteiger partial charge on any atom is 0.242 e. The number of anilines is 1. The fraction of sp³-hybridized carbons (Fsp3) is 0.286. The van der Waals surface area contributed by atoms with Gasteiger partial charge in [-0.2, -0.15) is 4.80 Å². The lowest BCUT2D eigenvalue weighted by molar-refractivity contribution is -0.136. The summed E-state index contributed by atoms with van der Waals surface area (Å²) in [6.07, 6.45) is 0.771. The zero-order valence-corrected chi connectivity index (χ0v) is 16.5. The van der Waals surface area contributed by atoms with Crippen molar-refractivity contribution in [2.75, 3.05) is 31.5 Å². The molecule has 1 aromatic heterocycles. The Morgan fingerprint density at radius 3 is 2.67 bits per heavy atom. The van der Waals surface area contributed by atoms with Gasteiger partial charge in [-0.05, 0) is 29.3 Å². The molecule has 3 aromatic rings. The second-order valence-electron chi connectivity index (χ2n) is 7.04. The van der Waals surface area contributed by atoms with Crippen LogP contribution in [-0.2, 0) is 22.6 Å². The summed E-state index contributed by atoms with van der Waals surface area (Å²) in [4.78, 5) is 26.8. The summed E-state index contributed by atoms with van der Waals surface area (Å²) in [7, 11) is 0. The van der Waals surface area contributed by atoms with Crippen LogP contribution in [0.15, 0.2) is 54.6 Å². The fourth-order valence-electron chi connectivity index (χ4n) is 3.20. The molecule has 2 aromatic carbocycles. The number of rotatable bonds is 7. The summed E-state index contributed by atoms with van der Waals surface area (Å²) in [5.41, 5.74) is 2.94. The average molecular weight is 405 g/mol. The van der Waals surface area contributed by atoms with Crippen molar-refractivity contribution in [2.24, 2.45) is 0 Å². The van der Waals surface area contributed by atoms with E-state index in [1.54, 1.807) is 9.70 Å². The molecular weight excluding hydrogens is 382 g/mol. The second-order valence-corrected chi connectivity index (χ2v) is 7.04. The molecule has 2 amide bonds. The van der Waals surface area contributed by atoms with Gasteiger partial charge in [-0.15, -0.1) is 10.2 Å². The minimum atomic E-state index is -0.114. The highest BCUT2D eigenvalue weighted by atomic mass is 16.2. The SMILES string of the molecule is O=C1CN(C(=O)CNc2ccc(CCn3nnc(-c4ccccc4)n3)cc2)CCN1. The van der Waals surface area contributed by atoms with E-state index in [0.29, 0.717) is 25.5 Å². The molecule has 0 atom stereocenters. The lowest BCUT2D eigenvalue weighted by atomic mass is 10.1. The monoisotopic (exact) mass is 405 g/mol. The number of carbonyl (C=O) groups excluding carboxylic acids is 2. The van der Waals surface area contributed by atoms with Crippen molar-refractivity contribution in [3.8, 4) is 11.4 Å². The lowest BCUT2D eigenvalue weighted by Crippen LogP contribution is -2.51. The first-order valence-corrected chi connectivity index (χ1v) is 9.88. The molecule has 0 radical (unpaired) electrons. The van der Waals surface area contributed by atoms with E-state index >= 15 is 0 Å². The van der Waals surface area contributed by atoms with Crippen LogP contribution in [0.4, 0.5) is 5.69 Å². The Balaban J connectivity index is 1.25. The lowest BCUT2D eigenvalue weighted by Gasteiger charge is -2.26. The molecule has 1 aliphatic rings. The summed E-state index contributed by atoms with van der Waals surface area (Å²) in [6.45, 7) is 1.97. The van der Waals surface area contributed by atoms with Crippen molar-refractivity contribution in [1.29, 1.82) is 0 Å². The quantitative estimate of drug-likeness (QED) is 0.607. The van der Waals surface area contributed by atoms with Gasteiger partial charge in [0, 0.05) is 24.3 Å². The summed E-state index contributed by atoms with van der Waals surface area (Å²) in [6, 6.07) is 17.7. The standard InChI is InChI=1S/C21H23N7O2/c29-19-15-27(13-11-22-19)20(30)14-23-18-8-6-16(7-9-18)10-12-28-25-21(24-26-28)17-4-2-1-3-5-17/h1-9,23H,10-15H2,(H,22,29). The van der Waals surface area contributed by atoms with Gasteiger partial charge in [0.15, 0.2) is 0 Å². The molecule has 30 heavy (non-hydrogen) atoms. The average Bonchev–Trinajstić information content (AvgIpc) is 3.26. The predicted molar refractivity (Wildman–Crippen MR) is 111 cm³/mol. The first-order valence-electron chi connectivity index (χ1n) is 9.88. The summed E-state index contributed by atoms with van der Waals surface area (Å²) < 4.78 is 0. The van der Waals surface area contributed by atoms with Crippen LogP contribution in [0.5, 0.6) is 0 Å². The number of hydrogen-bond acceptors (Lipinski definition) is 6. The van der Waals surface area contributed by atoms with Gasteiger partial charge in [-0.3, -0.25) is 9.59 Å². The Bertz CT molecular complexity index is 1000. The summed E-state index contributed by atoms with van der Waals surface area (Å²) in [5, 5.41) is 18.5. The molecule has 0 aliphatic carbocycles. The van der Waals surface area contributed by atoms with Gasteiger partial charge in [0.25, 0.3) is 0 Å². The Labute approximate surface area is 174 Å².